The third kappa shape index (κ3) is 4.31. The number of rotatable bonds is 6. The molecule has 0 heterocycles. The zero-order valence-corrected chi connectivity index (χ0v) is 16.5. The third-order valence-electron chi connectivity index (χ3n) is 5.83. The van der Waals surface area contributed by atoms with Gasteiger partial charge in [0.05, 0.1) is 16.6 Å². The van der Waals surface area contributed by atoms with Gasteiger partial charge in [0.2, 0.25) is 0 Å². The van der Waals surface area contributed by atoms with E-state index in [1.165, 1.54) is 35.4 Å². The van der Waals surface area contributed by atoms with Crippen molar-refractivity contribution in [3.63, 3.8) is 0 Å². The quantitative estimate of drug-likeness (QED) is 0.387. The Balaban J connectivity index is 1.97. The zero-order valence-electron chi connectivity index (χ0n) is 16.5. The molecule has 0 fully saturated rings. The molecule has 6 heteroatoms. The van der Waals surface area contributed by atoms with Crippen molar-refractivity contribution in [2.45, 2.75) is 44.9 Å². The smallest absolute Gasteiger partial charge is 0.335 e. The number of fused-ring (bicyclic) bond motifs is 1. The number of aromatic carboxylic acids is 1. The van der Waals surface area contributed by atoms with Crippen LogP contribution in [0.3, 0.4) is 0 Å². The highest BCUT2D eigenvalue weighted by Crippen LogP contribution is 2.40. The minimum atomic E-state index is -1.19. The van der Waals surface area contributed by atoms with Crippen LogP contribution in [0.2, 0.25) is 0 Å². The van der Waals surface area contributed by atoms with Gasteiger partial charge in [-0.3, -0.25) is 0 Å². The monoisotopic (exact) mass is 394 g/mol. The molecular formula is C23H23FN2O3. The number of carbonyl (C=O) groups is 1. The summed E-state index contributed by atoms with van der Waals surface area (Å²) in [5, 5.41) is 15.3. The summed E-state index contributed by atoms with van der Waals surface area (Å²) in [5.41, 5.74) is 3.78. The average molecular weight is 394 g/mol. The van der Waals surface area contributed by atoms with Crippen molar-refractivity contribution in [3.8, 4) is 0 Å². The summed E-state index contributed by atoms with van der Waals surface area (Å²) < 4.78 is 14.2. The predicted molar refractivity (Wildman–Crippen MR) is 112 cm³/mol. The van der Waals surface area contributed by atoms with Crippen LogP contribution in [0.25, 0.3) is 6.08 Å². The summed E-state index contributed by atoms with van der Waals surface area (Å²) in [6.45, 7) is 4.42. The first-order chi connectivity index (χ1) is 13.9. The number of aryl methyl sites for hydroxylation is 1. The van der Waals surface area contributed by atoms with Gasteiger partial charge >= 0.3 is 5.97 Å². The first-order valence-corrected chi connectivity index (χ1v) is 9.63. The molecule has 0 aromatic heterocycles. The molecule has 1 unspecified atom stereocenters. The van der Waals surface area contributed by atoms with Crippen LogP contribution in [0.4, 0.5) is 4.39 Å². The summed E-state index contributed by atoms with van der Waals surface area (Å²) in [5.74, 6) is -1.86. The van der Waals surface area contributed by atoms with Crippen molar-refractivity contribution in [1.82, 2.24) is 0 Å². The fraction of sp³-hybridized carbons (Fsp3) is 0.304. The molecule has 1 N–H and O–H groups in total. The van der Waals surface area contributed by atoms with Crippen LogP contribution < -0.4 is 0 Å². The van der Waals surface area contributed by atoms with Gasteiger partial charge in [-0.1, -0.05) is 32.0 Å². The maximum absolute atomic E-state index is 14.2. The molecule has 0 bridgehead atoms. The van der Waals surface area contributed by atoms with Crippen LogP contribution in [0, 0.1) is 10.7 Å². The summed E-state index contributed by atoms with van der Waals surface area (Å²) >= 11 is 0. The second-order valence-electron chi connectivity index (χ2n) is 7.58. The predicted octanol–water partition coefficient (Wildman–Crippen LogP) is 5.71. The molecular weight excluding hydrogens is 371 g/mol. The minimum absolute atomic E-state index is 0.0752. The van der Waals surface area contributed by atoms with Crippen LogP contribution in [0.15, 0.2) is 52.9 Å². The third-order valence-corrected chi connectivity index (χ3v) is 5.83. The van der Waals surface area contributed by atoms with E-state index in [1.807, 2.05) is 6.07 Å². The first-order valence-electron chi connectivity index (χ1n) is 9.63. The molecule has 29 heavy (non-hydrogen) atoms. The van der Waals surface area contributed by atoms with Crippen LogP contribution in [0.1, 0.15) is 65.7 Å². The lowest BCUT2D eigenvalue weighted by Gasteiger charge is -2.35. The van der Waals surface area contributed by atoms with Gasteiger partial charge in [0.25, 0.3) is 0 Å². The highest BCUT2D eigenvalue weighted by molar-refractivity contribution is 6.10. The summed E-state index contributed by atoms with van der Waals surface area (Å²) in [7, 11) is 0. The standard InChI is InChI=1S/C23H23FN2O3/c1-3-23(2)12-4-5-15-6-8-17(13-19(15)23)21(25-26-29)11-10-16-7-9-18(22(27)28)14-20(16)24/h6-11,13-14H,3-5,12H2,1-2H3,(H,27,28)/b11-10+,25-21-. The van der Waals surface area contributed by atoms with E-state index in [2.05, 4.69) is 36.4 Å². The van der Waals surface area contributed by atoms with Crippen molar-refractivity contribution in [3.05, 3.63) is 81.0 Å². The topological polar surface area (TPSA) is 79.1 Å². The minimum Gasteiger partial charge on any atom is -0.478 e. The van der Waals surface area contributed by atoms with Crippen molar-refractivity contribution >= 4 is 17.8 Å². The summed E-state index contributed by atoms with van der Waals surface area (Å²) in [6, 6.07) is 9.68. The normalized spacial score (nSPS) is 19.2. The SMILES string of the molecule is CCC1(C)CCCc2ccc(C(/C=C/c3ccc(C(=O)O)cc3F)=N\N=O)cc21. The molecule has 1 atom stereocenters. The van der Waals surface area contributed by atoms with Crippen LogP contribution in [-0.4, -0.2) is 16.8 Å². The number of allylic oxidation sites excluding steroid dienone is 1. The second kappa shape index (κ2) is 8.47. The number of hydrogen-bond acceptors (Lipinski definition) is 3. The van der Waals surface area contributed by atoms with E-state index in [9.17, 15) is 14.1 Å². The van der Waals surface area contributed by atoms with E-state index in [0.29, 0.717) is 5.71 Å². The average Bonchev–Trinajstić information content (AvgIpc) is 2.72. The largest absolute Gasteiger partial charge is 0.478 e. The second-order valence-corrected chi connectivity index (χ2v) is 7.58. The van der Waals surface area contributed by atoms with Gasteiger partial charge in [-0.05, 0) is 72.6 Å². The fourth-order valence-electron chi connectivity index (χ4n) is 3.88. The first kappa shape index (κ1) is 20.6. The molecule has 0 saturated carbocycles. The molecule has 0 amide bonds. The van der Waals surface area contributed by atoms with Gasteiger partial charge in [0, 0.05) is 11.1 Å². The van der Waals surface area contributed by atoms with E-state index in [4.69, 9.17) is 5.11 Å². The molecule has 0 aliphatic heterocycles. The van der Waals surface area contributed by atoms with Crippen molar-refractivity contribution in [2.75, 3.05) is 0 Å². The van der Waals surface area contributed by atoms with E-state index in [1.54, 1.807) is 0 Å². The highest BCUT2D eigenvalue weighted by atomic mass is 19.1. The van der Waals surface area contributed by atoms with Gasteiger partial charge < -0.3 is 5.11 Å². The molecule has 3 rings (SSSR count). The van der Waals surface area contributed by atoms with Gasteiger partial charge in [-0.15, -0.1) is 10.0 Å². The lowest BCUT2D eigenvalue weighted by molar-refractivity contribution is 0.0696. The molecule has 1 aliphatic carbocycles. The van der Waals surface area contributed by atoms with Gasteiger partial charge in [-0.25, -0.2) is 9.18 Å². The van der Waals surface area contributed by atoms with E-state index < -0.39 is 11.8 Å². The molecule has 5 nitrogen and oxygen atoms in total. The van der Waals surface area contributed by atoms with E-state index in [-0.39, 0.29) is 16.5 Å². The maximum Gasteiger partial charge on any atom is 0.335 e. The van der Waals surface area contributed by atoms with Crippen molar-refractivity contribution < 1.29 is 14.3 Å². The Morgan fingerprint density at radius 1 is 1.24 bits per heavy atom. The Bertz CT molecular complexity index is 1010. The van der Waals surface area contributed by atoms with E-state index >= 15 is 0 Å². The van der Waals surface area contributed by atoms with Crippen LogP contribution >= 0.6 is 0 Å². The maximum atomic E-state index is 14.2. The molecule has 0 radical (unpaired) electrons. The van der Waals surface area contributed by atoms with Gasteiger partial charge in [0.15, 0.2) is 0 Å². The lowest BCUT2D eigenvalue weighted by Crippen LogP contribution is -2.27. The number of carboxylic acids is 1. The molecule has 1 aliphatic rings. The van der Waals surface area contributed by atoms with Crippen molar-refractivity contribution in [2.24, 2.45) is 10.4 Å². The Morgan fingerprint density at radius 2 is 2.00 bits per heavy atom. The Labute approximate surface area is 168 Å². The fourth-order valence-corrected chi connectivity index (χ4v) is 3.88. The number of carboxylic acid groups (broad SMARTS) is 1. The highest BCUT2D eigenvalue weighted by Gasteiger charge is 2.30. The van der Waals surface area contributed by atoms with Gasteiger partial charge in [0.1, 0.15) is 5.82 Å². The number of nitrogens with zero attached hydrogens (tertiary/aromatic N) is 2. The van der Waals surface area contributed by atoms with Crippen LogP contribution in [0.5, 0.6) is 0 Å². The molecule has 0 spiro atoms. The van der Waals surface area contributed by atoms with Crippen molar-refractivity contribution in [1.29, 1.82) is 0 Å². The summed E-state index contributed by atoms with van der Waals surface area (Å²) in [4.78, 5) is 21.8. The van der Waals surface area contributed by atoms with Gasteiger partial charge in [-0.2, -0.15) is 0 Å². The molecule has 2 aromatic carbocycles. The number of halogens is 1. The van der Waals surface area contributed by atoms with Crippen LogP contribution in [-0.2, 0) is 11.8 Å². The lowest BCUT2D eigenvalue weighted by atomic mass is 9.69. The Hall–Kier alpha value is -3.15. The molecule has 2 aromatic rings. The number of benzene rings is 2. The summed E-state index contributed by atoms with van der Waals surface area (Å²) in [6.07, 6.45) is 7.28. The number of hydrogen-bond donors (Lipinski definition) is 1. The zero-order chi connectivity index (χ0) is 21.0. The Kier molecular flexibility index (Phi) is 6.01. The molecule has 150 valence electrons. The number of nitroso groups, excluding NO2 is 1. The molecule has 0 saturated heterocycles. The Morgan fingerprint density at radius 3 is 2.66 bits per heavy atom. The van der Waals surface area contributed by atoms with E-state index in [0.717, 1.165) is 37.3 Å².